The fraction of sp³-hybridized carbons (Fsp3) is 0.842. The Hall–Kier alpha value is -0.250. The Balaban J connectivity index is 3.40. The molecule has 6 heteroatoms. The summed E-state index contributed by atoms with van der Waals surface area (Å²) in [7, 11) is 0. The maximum Gasteiger partial charge on any atom is 0.321 e. The highest BCUT2D eigenvalue weighted by atomic mass is 32.2. The predicted molar refractivity (Wildman–Crippen MR) is 115 cm³/mol. The van der Waals surface area contributed by atoms with Gasteiger partial charge in [-0.3, -0.25) is 4.79 Å². The van der Waals surface area contributed by atoms with E-state index in [1.54, 1.807) is 23.5 Å². The van der Waals surface area contributed by atoms with Crippen LogP contribution in [0.2, 0.25) is 0 Å². The number of unbranched alkanes of at least 4 members (excludes halogenated alkanes) is 9. The number of thioether (sulfide) groups is 2. The number of hydrogen-bond donors (Lipinski definition) is 0. The topological polar surface area (TPSA) is 50.1 Å². The first-order valence-corrected chi connectivity index (χ1v) is 11.8. The van der Waals surface area contributed by atoms with Gasteiger partial charge in [-0.15, -0.1) is 28.8 Å². The Labute approximate surface area is 168 Å². The van der Waals surface area contributed by atoms with Crippen molar-refractivity contribution in [3.63, 3.8) is 0 Å². The molecule has 3 nitrogen and oxygen atoms in total. The molecule has 0 aromatic rings. The molecule has 0 aliphatic heterocycles. The molecule has 0 aromatic heterocycles. The largest absolute Gasteiger partial charge is 0.351 e. The molecule has 0 radical (unpaired) electrons. The van der Waals surface area contributed by atoms with Crippen LogP contribution >= 0.6 is 35.7 Å². The maximum atomic E-state index is 11.1. The lowest BCUT2D eigenvalue weighted by molar-refractivity contribution is -0.137. The molecule has 0 rings (SSSR count). The van der Waals surface area contributed by atoms with Gasteiger partial charge in [0.2, 0.25) is 0 Å². The van der Waals surface area contributed by atoms with Gasteiger partial charge in [0.1, 0.15) is 3.53 Å². The van der Waals surface area contributed by atoms with Crippen LogP contribution in [-0.2, 0) is 9.53 Å². The second-order valence-corrected chi connectivity index (χ2v) is 10.1. The molecule has 0 bridgehead atoms. The molecule has 1 atom stereocenters. The molecule has 25 heavy (non-hydrogen) atoms. The summed E-state index contributed by atoms with van der Waals surface area (Å²) in [5.74, 6) is 0.629. The lowest BCUT2D eigenvalue weighted by atomic mass is 10.1. The number of ether oxygens (including phenoxy) is 1. The third-order valence-corrected chi connectivity index (χ3v) is 6.77. The van der Waals surface area contributed by atoms with E-state index >= 15 is 0 Å². The Morgan fingerprint density at radius 1 is 1.08 bits per heavy atom. The normalized spacial score (nSPS) is 11.7. The van der Waals surface area contributed by atoms with Crippen LogP contribution in [0.5, 0.6) is 0 Å². The molecule has 1 unspecified atom stereocenters. The smallest absolute Gasteiger partial charge is 0.321 e. The van der Waals surface area contributed by atoms with E-state index in [-0.39, 0.29) is 11.7 Å². The number of nitrogens with zero attached hydrogens (tertiary/aromatic N) is 1. The lowest BCUT2D eigenvalue weighted by Crippen LogP contribution is -2.06. The van der Waals surface area contributed by atoms with Crippen molar-refractivity contribution in [3.8, 4) is 6.26 Å². The van der Waals surface area contributed by atoms with Gasteiger partial charge in [-0.2, -0.15) is 0 Å². The summed E-state index contributed by atoms with van der Waals surface area (Å²) in [6.45, 7) is 4.31. The van der Waals surface area contributed by atoms with Crippen LogP contribution in [-0.4, -0.2) is 20.5 Å². The number of rotatable bonds is 15. The minimum Gasteiger partial charge on any atom is -0.351 e. The zero-order valence-corrected chi connectivity index (χ0v) is 18.2. The molecule has 0 N–H and O–H groups in total. The van der Waals surface area contributed by atoms with Crippen LogP contribution in [0.1, 0.15) is 90.9 Å². The zero-order chi connectivity index (χ0) is 18.8. The average molecular weight is 404 g/mol. The second kappa shape index (κ2) is 18.5. The highest BCUT2D eigenvalue weighted by molar-refractivity contribution is 8.47. The SMILES string of the molecule is CCCCCCCCCCCCSC(=S)SC(C)CCC(=O)OC#N. The first-order chi connectivity index (χ1) is 12.1. The fourth-order valence-electron chi connectivity index (χ4n) is 2.43. The number of hydrogen-bond acceptors (Lipinski definition) is 6. The molecular formula is C19H33NO2S3. The Morgan fingerprint density at radius 3 is 2.20 bits per heavy atom. The van der Waals surface area contributed by atoms with Crippen LogP contribution < -0.4 is 0 Å². The van der Waals surface area contributed by atoms with Crippen molar-refractivity contribution >= 4 is 45.2 Å². The summed E-state index contributed by atoms with van der Waals surface area (Å²) >= 11 is 8.79. The monoisotopic (exact) mass is 403 g/mol. The van der Waals surface area contributed by atoms with E-state index in [4.69, 9.17) is 17.5 Å². The van der Waals surface area contributed by atoms with Crippen molar-refractivity contribution < 1.29 is 9.53 Å². The van der Waals surface area contributed by atoms with Gasteiger partial charge < -0.3 is 4.74 Å². The molecule has 0 spiro atoms. The summed E-state index contributed by atoms with van der Waals surface area (Å²) < 4.78 is 5.22. The van der Waals surface area contributed by atoms with Crippen LogP contribution in [0.3, 0.4) is 0 Å². The molecule has 0 aliphatic carbocycles. The lowest BCUT2D eigenvalue weighted by Gasteiger charge is -2.10. The minimum atomic E-state index is -0.459. The van der Waals surface area contributed by atoms with E-state index in [0.29, 0.717) is 6.42 Å². The van der Waals surface area contributed by atoms with E-state index in [2.05, 4.69) is 18.6 Å². The average Bonchev–Trinajstić information content (AvgIpc) is 2.58. The molecule has 0 fully saturated rings. The predicted octanol–water partition coefficient (Wildman–Crippen LogP) is 6.85. The molecule has 144 valence electrons. The minimum absolute atomic E-state index is 0.271. The van der Waals surface area contributed by atoms with Crippen LogP contribution in [0.25, 0.3) is 0 Å². The number of esters is 1. The fourth-order valence-corrected chi connectivity index (χ4v) is 5.26. The molecular weight excluding hydrogens is 370 g/mol. The van der Waals surface area contributed by atoms with E-state index in [9.17, 15) is 4.79 Å². The van der Waals surface area contributed by atoms with Gasteiger partial charge in [0.25, 0.3) is 6.26 Å². The van der Waals surface area contributed by atoms with Gasteiger partial charge in [-0.05, 0) is 18.6 Å². The van der Waals surface area contributed by atoms with Crippen molar-refractivity contribution in [3.05, 3.63) is 0 Å². The third-order valence-electron chi connectivity index (χ3n) is 3.93. The number of nitriles is 1. The summed E-state index contributed by atoms with van der Waals surface area (Å²) in [4.78, 5) is 11.1. The molecule has 0 saturated heterocycles. The van der Waals surface area contributed by atoms with Crippen molar-refractivity contribution in [2.75, 3.05) is 5.75 Å². The Kier molecular flexibility index (Phi) is 18.4. The molecule has 0 aliphatic rings. The summed E-state index contributed by atoms with van der Waals surface area (Å²) in [5, 5.41) is 8.53. The Bertz CT molecular complexity index is 397. The highest BCUT2D eigenvalue weighted by Gasteiger charge is 2.11. The standard InChI is InChI=1S/C19H33NO2S3/c1-3-4-5-6-7-8-9-10-11-12-15-24-19(23)25-17(2)13-14-18(21)22-16-20/h17H,3-15H2,1-2H3. The van der Waals surface area contributed by atoms with Gasteiger partial charge in [0, 0.05) is 11.7 Å². The zero-order valence-electron chi connectivity index (χ0n) is 15.8. The van der Waals surface area contributed by atoms with E-state index < -0.39 is 5.97 Å². The molecule has 0 amide bonds. The van der Waals surface area contributed by atoms with Crippen molar-refractivity contribution in [2.45, 2.75) is 96.1 Å². The van der Waals surface area contributed by atoms with Gasteiger partial charge in [-0.25, -0.2) is 0 Å². The first kappa shape index (κ1) is 24.8. The summed E-state index contributed by atoms with van der Waals surface area (Å²) in [5.41, 5.74) is 0. The van der Waals surface area contributed by atoms with E-state index in [0.717, 1.165) is 9.28 Å². The number of carbonyl (C=O) groups excluding carboxylic acids is 1. The van der Waals surface area contributed by atoms with Crippen molar-refractivity contribution in [2.24, 2.45) is 0 Å². The number of carbonyl (C=O) groups is 1. The highest BCUT2D eigenvalue weighted by Crippen LogP contribution is 2.25. The maximum absolute atomic E-state index is 11.1. The summed E-state index contributed by atoms with van der Waals surface area (Å²) in [6.07, 6.45) is 15.9. The van der Waals surface area contributed by atoms with Crippen LogP contribution in [0.4, 0.5) is 0 Å². The molecule has 0 aromatic carbocycles. The van der Waals surface area contributed by atoms with Crippen LogP contribution in [0.15, 0.2) is 0 Å². The quantitative estimate of drug-likeness (QED) is 0.129. The van der Waals surface area contributed by atoms with Crippen molar-refractivity contribution in [1.82, 2.24) is 0 Å². The van der Waals surface area contributed by atoms with Crippen molar-refractivity contribution in [1.29, 1.82) is 5.26 Å². The van der Waals surface area contributed by atoms with Gasteiger partial charge in [0.05, 0.1) is 0 Å². The van der Waals surface area contributed by atoms with E-state index in [1.807, 2.05) is 0 Å². The third kappa shape index (κ3) is 18.3. The van der Waals surface area contributed by atoms with Gasteiger partial charge in [-0.1, -0.05) is 83.9 Å². The van der Waals surface area contributed by atoms with E-state index in [1.165, 1.54) is 70.5 Å². The van der Waals surface area contributed by atoms with Crippen LogP contribution in [0, 0.1) is 11.5 Å². The second-order valence-electron chi connectivity index (χ2n) is 6.31. The summed E-state index contributed by atoms with van der Waals surface area (Å²) in [6, 6.07) is 0. The van der Waals surface area contributed by atoms with Gasteiger partial charge >= 0.3 is 5.97 Å². The van der Waals surface area contributed by atoms with Gasteiger partial charge in [0.15, 0.2) is 0 Å². The number of thiocarbonyl (C=S) groups is 1. The Morgan fingerprint density at radius 2 is 1.64 bits per heavy atom. The first-order valence-electron chi connectivity index (χ1n) is 9.52. The molecule has 0 heterocycles. The molecule has 0 saturated carbocycles.